The Morgan fingerprint density at radius 1 is 0.909 bits per heavy atom. The van der Waals surface area contributed by atoms with Gasteiger partial charge in [-0.15, -0.1) is 0 Å². The fraction of sp³-hybridized carbons (Fsp3) is 0.465. The highest BCUT2D eigenvalue weighted by molar-refractivity contribution is 5.93. The summed E-state index contributed by atoms with van der Waals surface area (Å²) in [5.41, 5.74) is 7.28. The van der Waals surface area contributed by atoms with Crippen LogP contribution in [0.4, 0.5) is 4.79 Å². The molecule has 3 amide bonds. The third kappa shape index (κ3) is 7.26. The monoisotopic (exact) mass is 745 g/mol. The summed E-state index contributed by atoms with van der Waals surface area (Å²) in [4.78, 5) is 55.7. The first-order chi connectivity index (χ1) is 26.6. The maximum absolute atomic E-state index is 13.6. The maximum atomic E-state index is 13.6. The van der Waals surface area contributed by atoms with Crippen molar-refractivity contribution in [2.75, 3.05) is 26.7 Å². The number of fused-ring (bicyclic) bond motifs is 3. The number of alkyl carbamates (subject to hydrolysis) is 1. The number of H-pyrrole nitrogens is 1. The van der Waals surface area contributed by atoms with Crippen LogP contribution in [-0.4, -0.2) is 82.3 Å². The second-order valence-corrected chi connectivity index (χ2v) is 16.1. The molecular weight excluding hydrogens is 695 g/mol. The first-order valence-electron chi connectivity index (χ1n) is 19.7. The number of amidine groups is 1. The molecule has 2 saturated heterocycles. The summed E-state index contributed by atoms with van der Waals surface area (Å²) in [6, 6.07) is 18.2. The third-order valence-electron chi connectivity index (χ3n) is 11.5. The van der Waals surface area contributed by atoms with E-state index in [9.17, 15) is 14.4 Å². The summed E-state index contributed by atoms with van der Waals surface area (Å²) < 4.78 is 11.3. The zero-order chi connectivity index (χ0) is 38.4. The standard InChI is InChI=1S/C43H51N7O5/c1-24(2)18-38(51)49-16-6-8-34(49)40-44-23-33(47-40)28-10-11-29-20-30-19-26(13-15-36(30)55-37(29)22-28)27-12-14-31-32(21-27)46-41(45-31)35-9-7-17-50(35)42(52)39(25(3)4)48-43(53)54-5/h10-15,19,21-22,24-25,33-35,39H,6-9,16-18,20,23H2,1-5H3,(H,44,47)(H,45,46)(H,48,53)/t33?,34-,35-,39-/m0/s1. The average molecular weight is 746 g/mol. The van der Waals surface area contributed by atoms with Crippen LogP contribution in [0.15, 0.2) is 59.6 Å². The molecule has 4 aliphatic rings. The Morgan fingerprint density at radius 3 is 2.45 bits per heavy atom. The van der Waals surface area contributed by atoms with Crippen molar-refractivity contribution >= 4 is 34.8 Å². The van der Waals surface area contributed by atoms with Crippen LogP contribution in [0.25, 0.3) is 22.2 Å². The second kappa shape index (κ2) is 15.0. The van der Waals surface area contributed by atoms with Gasteiger partial charge in [0.1, 0.15) is 29.2 Å². The number of hydrogen-bond donors (Lipinski definition) is 3. The molecule has 3 N–H and O–H groups in total. The molecule has 2 fully saturated rings. The smallest absolute Gasteiger partial charge is 0.407 e. The van der Waals surface area contributed by atoms with Gasteiger partial charge in [-0.2, -0.15) is 0 Å². The first kappa shape index (κ1) is 36.6. The van der Waals surface area contributed by atoms with Crippen LogP contribution in [0.1, 0.15) is 94.4 Å². The minimum atomic E-state index is -0.681. The minimum absolute atomic E-state index is 0.0383. The van der Waals surface area contributed by atoms with Crippen LogP contribution in [0.5, 0.6) is 11.5 Å². The van der Waals surface area contributed by atoms with E-state index in [0.29, 0.717) is 25.4 Å². The number of hydrogen-bond acceptors (Lipinski definition) is 8. The van der Waals surface area contributed by atoms with E-state index < -0.39 is 12.1 Å². The van der Waals surface area contributed by atoms with Crippen LogP contribution in [0.2, 0.25) is 0 Å². The fourth-order valence-corrected chi connectivity index (χ4v) is 8.57. The molecule has 0 spiro atoms. The number of amides is 3. The van der Waals surface area contributed by atoms with Gasteiger partial charge in [0, 0.05) is 25.9 Å². The number of aromatic amines is 1. The highest BCUT2D eigenvalue weighted by atomic mass is 16.5. The minimum Gasteiger partial charge on any atom is -0.457 e. The Bertz CT molecular complexity index is 2160. The molecule has 8 rings (SSSR count). The lowest BCUT2D eigenvalue weighted by molar-refractivity contribution is -0.135. The molecule has 1 aromatic heterocycles. The SMILES string of the molecule is COC(=O)N[C@H](C(=O)N1CCC[C@H]1c1nc2ccc(-c3ccc4c(c3)Cc3ccc(C5CN=C([C@@H]6CCCN6C(=O)CC(C)C)N5)cc3O4)cc2[nH]1)C(C)C. The zero-order valence-corrected chi connectivity index (χ0v) is 32.4. The summed E-state index contributed by atoms with van der Waals surface area (Å²) in [5.74, 6) is 3.74. The molecule has 3 aromatic carbocycles. The van der Waals surface area contributed by atoms with Gasteiger partial charge < -0.3 is 34.9 Å². The predicted octanol–water partition coefficient (Wildman–Crippen LogP) is 7.05. The highest BCUT2D eigenvalue weighted by Gasteiger charge is 2.38. The van der Waals surface area contributed by atoms with Crippen molar-refractivity contribution in [1.29, 1.82) is 0 Å². The Morgan fingerprint density at radius 2 is 1.67 bits per heavy atom. The van der Waals surface area contributed by atoms with Crippen LogP contribution in [0, 0.1) is 11.8 Å². The first-order valence-corrected chi connectivity index (χ1v) is 19.7. The summed E-state index contributed by atoms with van der Waals surface area (Å²) in [6.07, 6.45) is 4.33. The van der Waals surface area contributed by atoms with E-state index in [2.05, 4.69) is 78.0 Å². The molecule has 5 heterocycles. The number of nitrogens with one attached hydrogen (secondary N) is 3. The molecule has 4 atom stereocenters. The number of aromatic nitrogens is 2. The van der Waals surface area contributed by atoms with E-state index in [-0.39, 0.29) is 35.9 Å². The van der Waals surface area contributed by atoms with Crippen molar-refractivity contribution in [2.45, 2.75) is 90.4 Å². The molecule has 0 saturated carbocycles. The lowest BCUT2D eigenvalue weighted by atomic mass is 9.94. The third-order valence-corrected chi connectivity index (χ3v) is 11.5. The summed E-state index contributed by atoms with van der Waals surface area (Å²) in [6.45, 7) is 10.1. The van der Waals surface area contributed by atoms with Gasteiger partial charge in [0.2, 0.25) is 11.8 Å². The Balaban J connectivity index is 0.946. The van der Waals surface area contributed by atoms with Gasteiger partial charge in [-0.05, 0) is 95.7 Å². The van der Waals surface area contributed by atoms with E-state index in [1.54, 1.807) is 0 Å². The molecule has 0 radical (unpaired) electrons. The number of nitrogens with zero attached hydrogens (tertiary/aromatic N) is 4. The van der Waals surface area contributed by atoms with E-state index in [1.165, 1.54) is 7.11 Å². The van der Waals surface area contributed by atoms with Crippen LogP contribution >= 0.6 is 0 Å². The molecule has 12 nitrogen and oxygen atoms in total. The molecule has 1 unspecified atom stereocenters. The Kier molecular flexibility index (Phi) is 10.00. The zero-order valence-electron chi connectivity index (χ0n) is 32.4. The van der Waals surface area contributed by atoms with Crippen LogP contribution in [-0.2, 0) is 20.7 Å². The topological polar surface area (TPSA) is 141 Å². The van der Waals surface area contributed by atoms with Gasteiger partial charge in [0.15, 0.2) is 0 Å². The number of methoxy groups -OCH3 is 1. The quantitative estimate of drug-likeness (QED) is 0.147. The van der Waals surface area contributed by atoms with Crippen molar-refractivity contribution in [3.05, 3.63) is 77.1 Å². The maximum Gasteiger partial charge on any atom is 0.407 e. The number of benzene rings is 3. The summed E-state index contributed by atoms with van der Waals surface area (Å²) >= 11 is 0. The Hall–Kier alpha value is -5.39. The number of rotatable bonds is 9. The number of ether oxygens (including phenoxy) is 2. The van der Waals surface area contributed by atoms with Crippen molar-refractivity contribution in [1.82, 2.24) is 30.4 Å². The van der Waals surface area contributed by atoms with E-state index in [1.807, 2.05) is 29.7 Å². The number of imidazole rings is 1. The predicted molar refractivity (Wildman–Crippen MR) is 211 cm³/mol. The van der Waals surface area contributed by atoms with Crippen molar-refractivity contribution < 1.29 is 23.9 Å². The summed E-state index contributed by atoms with van der Waals surface area (Å²) in [7, 11) is 1.30. The van der Waals surface area contributed by atoms with Gasteiger partial charge in [0.25, 0.3) is 0 Å². The molecule has 0 bridgehead atoms. The van der Waals surface area contributed by atoms with E-state index >= 15 is 0 Å². The van der Waals surface area contributed by atoms with Crippen molar-refractivity contribution in [3.8, 4) is 22.6 Å². The van der Waals surface area contributed by atoms with Gasteiger partial charge >= 0.3 is 6.09 Å². The lowest BCUT2D eigenvalue weighted by Gasteiger charge is -2.29. The van der Waals surface area contributed by atoms with Gasteiger partial charge in [-0.1, -0.05) is 52.0 Å². The molecule has 4 aliphatic heterocycles. The van der Waals surface area contributed by atoms with Crippen LogP contribution in [0.3, 0.4) is 0 Å². The second-order valence-electron chi connectivity index (χ2n) is 16.1. The van der Waals surface area contributed by atoms with E-state index in [4.69, 9.17) is 19.5 Å². The van der Waals surface area contributed by atoms with Crippen molar-refractivity contribution in [3.63, 3.8) is 0 Å². The number of carbonyl (C=O) groups is 3. The molecule has 0 aliphatic carbocycles. The van der Waals surface area contributed by atoms with Gasteiger partial charge in [-0.25, -0.2) is 9.78 Å². The molecule has 12 heteroatoms. The van der Waals surface area contributed by atoms with Gasteiger partial charge in [0.05, 0.1) is 42.8 Å². The number of aliphatic imine (C=N–C) groups is 1. The Labute approximate surface area is 322 Å². The fourth-order valence-electron chi connectivity index (χ4n) is 8.57. The number of likely N-dealkylation sites (tertiary alicyclic amines) is 2. The highest BCUT2D eigenvalue weighted by Crippen LogP contribution is 2.41. The normalized spacial score (nSPS) is 20.9. The molecule has 288 valence electrons. The lowest BCUT2D eigenvalue weighted by Crippen LogP contribution is -2.51. The van der Waals surface area contributed by atoms with Crippen molar-refractivity contribution in [2.24, 2.45) is 16.8 Å². The molecular formula is C43H51N7O5. The van der Waals surface area contributed by atoms with Crippen LogP contribution < -0.4 is 15.4 Å². The molecule has 4 aromatic rings. The average Bonchev–Trinajstić information content (AvgIpc) is 4.00. The van der Waals surface area contributed by atoms with Gasteiger partial charge in [-0.3, -0.25) is 14.6 Å². The van der Waals surface area contributed by atoms with E-state index in [0.717, 1.165) is 101 Å². The largest absolute Gasteiger partial charge is 0.457 e. The number of carbonyl (C=O) groups excluding carboxylic acids is 3. The molecule has 55 heavy (non-hydrogen) atoms. The summed E-state index contributed by atoms with van der Waals surface area (Å²) in [5, 5.41) is 6.37.